The number of hydrogen-bond donors (Lipinski definition) is 1. The second kappa shape index (κ2) is 11.1. The molecule has 10 heteroatoms. The minimum atomic E-state index is -0.383. The van der Waals surface area contributed by atoms with Crippen LogP contribution in [0.5, 0.6) is 0 Å². The van der Waals surface area contributed by atoms with Crippen molar-refractivity contribution in [2.24, 2.45) is 0 Å². The fourth-order valence-corrected chi connectivity index (χ4v) is 4.09. The van der Waals surface area contributed by atoms with Crippen LogP contribution in [-0.4, -0.2) is 70.8 Å². The van der Waals surface area contributed by atoms with Gasteiger partial charge in [0.15, 0.2) is 5.16 Å². The fraction of sp³-hybridized carbons (Fsp3) is 0.500. The Morgan fingerprint density at radius 1 is 1.22 bits per heavy atom. The maximum Gasteiger partial charge on any atom is 0.339 e. The van der Waals surface area contributed by atoms with Crippen LogP contribution < -0.4 is 10.5 Å². The SMILES string of the molecule is CCOC(=O)c1ccc(N2CCCN(C(=O)CCc3c(C)nc(SC)[nH]c3=O)CC2)nc1. The zero-order chi connectivity index (χ0) is 23.1. The maximum atomic E-state index is 12.8. The van der Waals surface area contributed by atoms with E-state index in [0.717, 1.165) is 18.8 Å². The van der Waals surface area contributed by atoms with Gasteiger partial charge in [-0.15, -0.1) is 0 Å². The van der Waals surface area contributed by atoms with E-state index in [9.17, 15) is 14.4 Å². The number of ether oxygens (including phenoxy) is 1. The van der Waals surface area contributed by atoms with E-state index in [1.165, 1.54) is 18.0 Å². The van der Waals surface area contributed by atoms with Gasteiger partial charge < -0.3 is 19.5 Å². The predicted molar refractivity (Wildman–Crippen MR) is 123 cm³/mol. The smallest absolute Gasteiger partial charge is 0.339 e. The number of rotatable bonds is 7. The minimum absolute atomic E-state index is 0.0326. The van der Waals surface area contributed by atoms with E-state index < -0.39 is 0 Å². The lowest BCUT2D eigenvalue weighted by molar-refractivity contribution is -0.130. The Bertz CT molecular complexity index is 1010. The number of esters is 1. The summed E-state index contributed by atoms with van der Waals surface area (Å²) in [5.41, 5.74) is 1.49. The van der Waals surface area contributed by atoms with E-state index in [-0.39, 0.29) is 23.9 Å². The number of carbonyl (C=O) groups is 2. The third-order valence-corrected chi connectivity index (χ3v) is 5.99. The first-order valence-corrected chi connectivity index (χ1v) is 11.9. The number of hydrogen-bond acceptors (Lipinski definition) is 8. The molecule has 1 fully saturated rings. The summed E-state index contributed by atoms with van der Waals surface area (Å²) in [6, 6.07) is 3.52. The second-order valence-corrected chi connectivity index (χ2v) is 8.28. The molecule has 2 aromatic rings. The van der Waals surface area contributed by atoms with E-state index in [2.05, 4.69) is 19.9 Å². The summed E-state index contributed by atoms with van der Waals surface area (Å²) in [5, 5.41) is 0.582. The molecule has 1 saturated heterocycles. The summed E-state index contributed by atoms with van der Waals surface area (Å²) in [4.78, 5) is 52.4. The monoisotopic (exact) mass is 459 g/mol. The molecule has 9 nitrogen and oxygen atoms in total. The Labute approximate surface area is 191 Å². The van der Waals surface area contributed by atoms with Gasteiger partial charge in [0, 0.05) is 50.1 Å². The third kappa shape index (κ3) is 5.87. The first kappa shape index (κ1) is 23.8. The summed E-state index contributed by atoms with van der Waals surface area (Å²) in [7, 11) is 0. The molecule has 0 saturated carbocycles. The number of anilines is 1. The Hall–Kier alpha value is -2.88. The summed E-state index contributed by atoms with van der Waals surface area (Å²) in [6.45, 7) is 6.56. The molecule has 0 aromatic carbocycles. The number of nitrogens with zero attached hydrogens (tertiary/aromatic N) is 4. The molecule has 3 heterocycles. The highest BCUT2D eigenvalue weighted by Gasteiger charge is 2.21. The van der Waals surface area contributed by atoms with Crippen molar-refractivity contribution < 1.29 is 14.3 Å². The average molecular weight is 460 g/mol. The number of aromatic amines is 1. The van der Waals surface area contributed by atoms with Gasteiger partial charge in [0.1, 0.15) is 5.82 Å². The van der Waals surface area contributed by atoms with Crippen LogP contribution in [0.1, 0.15) is 41.4 Å². The van der Waals surface area contributed by atoms with Crippen molar-refractivity contribution in [3.63, 3.8) is 0 Å². The van der Waals surface area contributed by atoms with Gasteiger partial charge in [-0.3, -0.25) is 9.59 Å². The normalized spacial score (nSPS) is 14.2. The van der Waals surface area contributed by atoms with Gasteiger partial charge in [-0.05, 0) is 45.1 Å². The van der Waals surface area contributed by atoms with Crippen LogP contribution in [0.15, 0.2) is 28.3 Å². The molecule has 1 amide bonds. The van der Waals surface area contributed by atoms with Crippen molar-refractivity contribution >= 4 is 29.5 Å². The number of carbonyl (C=O) groups excluding carboxylic acids is 2. The highest BCUT2D eigenvalue weighted by Crippen LogP contribution is 2.16. The molecule has 32 heavy (non-hydrogen) atoms. The van der Waals surface area contributed by atoms with Crippen molar-refractivity contribution in [3.05, 3.63) is 45.5 Å². The minimum Gasteiger partial charge on any atom is -0.462 e. The number of thioether (sulfide) groups is 1. The number of nitrogens with one attached hydrogen (secondary N) is 1. The van der Waals surface area contributed by atoms with E-state index in [1.807, 2.05) is 17.2 Å². The van der Waals surface area contributed by atoms with Crippen molar-refractivity contribution in [2.45, 2.75) is 38.3 Å². The van der Waals surface area contributed by atoms with Crippen molar-refractivity contribution in [1.82, 2.24) is 19.9 Å². The second-order valence-electron chi connectivity index (χ2n) is 7.49. The molecule has 0 atom stereocenters. The van der Waals surface area contributed by atoms with Gasteiger partial charge in [0.2, 0.25) is 5.91 Å². The molecule has 0 aliphatic carbocycles. The van der Waals surface area contributed by atoms with Gasteiger partial charge >= 0.3 is 5.97 Å². The molecule has 0 bridgehead atoms. The zero-order valence-electron chi connectivity index (χ0n) is 18.7. The first-order valence-electron chi connectivity index (χ1n) is 10.7. The van der Waals surface area contributed by atoms with Crippen molar-refractivity contribution in [2.75, 3.05) is 43.9 Å². The van der Waals surface area contributed by atoms with Crippen LogP contribution in [-0.2, 0) is 16.0 Å². The summed E-state index contributed by atoms with van der Waals surface area (Å²) < 4.78 is 4.99. The summed E-state index contributed by atoms with van der Waals surface area (Å²) in [6.07, 6.45) is 4.84. The lowest BCUT2D eigenvalue weighted by Crippen LogP contribution is -2.35. The quantitative estimate of drug-likeness (QED) is 0.381. The van der Waals surface area contributed by atoms with E-state index in [4.69, 9.17) is 4.74 Å². The van der Waals surface area contributed by atoms with E-state index in [1.54, 1.807) is 19.9 Å². The number of H-pyrrole nitrogens is 1. The highest BCUT2D eigenvalue weighted by molar-refractivity contribution is 7.98. The molecule has 2 aromatic heterocycles. The van der Waals surface area contributed by atoms with Crippen molar-refractivity contribution in [3.8, 4) is 0 Å². The summed E-state index contributed by atoms with van der Waals surface area (Å²) in [5.74, 6) is 0.422. The van der Waals surface area contributed by atoms with Crippen LogP contribution >= 0.6 is 11.8 Å². The van der Waals surface area contributed by atoms with Crippen LogP contribution in [0.3, 0.4) is 0 Å². The molecule has 3 rings (SSSR count). The largest absolute Gasteiger partial charge is 0.462 e. The molecule has 172 valence electrons. The molecule has 1 N–H and O–H groups in total. The Kier molecular flexibility index (Phi) is 8.26. The Morgan fingerprint density at radius 3 is 2.69 bits per heavy atom. The van der Waals surface area contributed by atoms with Gasteiger partial charge in [-0.25, -0.2) is 14.8 Å². The Balaban J connectivity index is 1.56. The lowest BCUT2D eigenvalue weighted by Gasteiger charge is -2.23. The molecule has 1 aliphatic rings. The predicted octanol–water partition coefficient (Wildman–Crippen LogP) is 2.04. The highest BCUT2D eigenvalue weighted by atomic mass is 32.2. The van der Waals surface area contributed by atoms with E-state index in [0.29, 0.717) is 54.6 Å². The molecule has 0 radical (unpaired) electrons. The number of aryl methyl sites for hydroxylation is 1. The zero-order valence-corrected chi connectivity index (χ0v) is 19.5. The standard InChI is InChI=1S/C22H29N5O4S/c1-4-31-21(30)16-6-8-18(23-14-16)26-10-5-11-27(13-12-26)19(28)9-7-17-15(2)24-22(32-3)25-20(17)29/h6,8,14H,4-5,7,9-13H2,1-3H3,(H,24,25,29). The number of pyridine rings is 1. The number of aromatic nitrogens is 3. The van der Waals surface area contributed by atoms with Crippen LogP contribution in [0.4, 0.5) is 5.82 Å². The molecule has 0 spiro atoms. The van der Waals surface area contributed by atoms with Gasteiger partial charge in [-0.1, -0.05) is 11.8 Å². The summed E-state index contributed by atoms with van der Waals surface area (Å²) >= 11 is 1.38. The van der Waals surface area contributed by atoms with Crippen LogP contribution in [0.25, 0.3) is 0 Å². The fourth-order valence-electron chi connectivity index (χ4n) is 3.67. The van der Waals surface area contributed by atoms with E-state index >= 15 is 0 Å². The number of amides is 1. The molecular weight excluding hydrogens is 430 g/mol. The first-order chi connectivity index (χ1) is 15.4. The molecule has 1 aliphatic heterocycles. The van der Waals surface area contributed by atoms with Crippen LogP contribution in [0, 0.1) is 6.92 Å². The van der Waals surface area contributed by atoms with Gasteiger partial charge in [-0.2, -0.15) is 0 Å². The Morgan fingerprint density at radius 2 is 2.03 bits per heavy atom. The molecular formula is C22H29N5O4S. The molecule has 0 unspecified atom stereocenters. The van der Waals surface area contributed by atoms with Gasteiger partial charge in [0.25, 0.3) is 5.56 Å². The van der Waals surface area contributed by atoms with Crippen LogP contribution in [0.2, 0.25) is 0 Å². The van der Waals surface area contributed by atoms with Gasteiger partial charge in [0.05, 0.1) is 12.2 Å². The average Bonchev–Trinajstić information content (AvgIpc) is 3.05. The maximum absolute atomic E-state index is 12.8. The topological polar surface area (TPSA) is 108 Å². The van der Waals surface area contributed by atoms with Crippen molar-refractivity contribution in [1.29, 1.82) is 0 Å². The third-order valence-electron chi connectivity index (χ3n) is 5.41. The lowest BCUT2D eigenvalue weighted by atomic mass is 10.1.